The van der Waals surface area contributed by atoms with Gasteiger partial charge in [0.2, 0.25) is 0 Å². The number of rotatable bonds is 6. The predicted octanol–water partition coefficient (Wildman–Crippen LogP) is 3.42. The molecule has 2 N–H and O–H groups in total. The first-order chi connectivity index (χ1) is 14.5. The summed E-state index contributed by atoms with van der Waals surface area (Å²) in [4.78, 5) is 12.9. The first-order valence-electron chi connectivity index (χ1n) is 10.3. The molecule has 0 spiro atoms. The quantitative estimate of drug-likeness (QED) is 0.659. The number of benzene rings is 2. The van der Waals surface area contributed by atoms with Gasteiger partial charge in [0.25, 0.3) is 5.91 Å². The highest BCUT2D eigenvalue weighted by atomic mass is 16.5. The number of methoxy groups -OCH3 is 1. The number of aliphatic hydroxyl groups is 1. The van der Waals surface area contributed by atoms with E-state index in [9.17, 15) is 9.90 Å². The number of nitrogens with one attached hydrogen (secondary N) is 1. The Morgan fingerprint density at radius 3 is 2.70 bits per heavy atom. The Balaban J connectivity index is 1.56. The van der Waals surface area contributed by atoms with E-state index in [1.54, 1.807) is 13.3 Å². The minimum atomic E-state index is -0.474. The average Bonchev–Trinajstić information content (AvgIpc) is 3.42. The van der Waals surface area contributed by atoms with Crippen molar-refractivity contribution in [2.24, 2.45) is 0 Å². The molecular formula is C24H27N3O3. The molecule has 156 valence electrons. The highest BCUT2D eigenvalue weighted by molar-refractivity contribution is 5.97. The van der Waals surface area contributed by atoms with Gasteiger partial charge in [0.05, 0.1) is 30.5 Å². The van der Waals surface area contributed by atoms with E-state index in [2.05, 4.69) is 22.5 Å². The van der Waals surface area contributed by atoms with Crippen molar-refractivity contribution in [2.75, 3.05) is 7.11 Å². The Kier molecular flexibility index (Phi) is 5.86. The molecule has 1 heterocycles. The Morgan fingerprint density at radius 2 is 2.07 bits per heavy atom. The highest BCUT2D eigenvalue weighted by Gasteiger charge is 2.28. The SMILES string of the molecule is COc1cc(C)c(Cc2ccc(-n3cccn3)cc2)cc1C(=O)NC1CCCC1O. The van der Waals surface area contributed by atoms with Gasteiger partial charge in [0.1, 0.15) is 5.75 Å². The molecule has 0 aliphatic heterocycles. The molecule has 6 nitrogen and oxygen atoms in total. The van der Waals surface area contributed by atoms with Gasteiger partial charge < -0.3 is 15.2 Å². The van der Waals surface area contributed by atoms with Crippen LogP contribution in [0, 0.1) is 6.92 Å². The molecule has 1 aliphatic carbocycles. The number of ether oxygens (including phenoxy) is 1. The molecule has 3 aromatic rings. The van der Waals surface area contributed by atoms with E-state index in [4.69, 9.17) is 4.74 Å². The number of aromatic nitrogens is 2. The fourth-order valence-corrected chi connectivity index (χ4v) is 4.03. The van der Waals surface area contributed by atoms with Crippen LogP contribution < -0.4 is 10.1 Å². The fourth-order valence-electron chi connectivity index (χ4n) is 4.03. The van der Waals surface area contributed by atoms with Crippen molar-refractivity contribution >= 4 is 5.91 Å². The lowest BCUT2D eigenvalue weighted by atomic mass is 9.97. The van der Waals surface area contributed by atoms with E-state index in [-0.39, 0.29) is 11.9 Å². The molecule has 1 amide bonds. The summed E-state index contributed by atoms with van der Waals surface area (Å²) in [6.45, 7) is 2.03. The van der Waals surface area contributed by atoms with Crippen LogP contribution in [0.15, 0.2) is 54.9 Å². The van der Waals surface area contributed by atoms with E-state index < -0.39 is 6.10 Å². The second-order valence-corrected chi connectivity index (χ2v) is 7.85. The topological polar surface area (TPSA) is 76.4 Å². The third-order valence-electron chi connectivity index (χ3n) is 5.80. The van der Waals surface area contributed by atoms with Gasteiger partial charge in [-0.15, -0.1) is 0 Å². The third-order valence-corrected chi connectivity index (χ3v) is 5.80. The lowest BCUT2D eigenvalue weighted by molar-refractivity contribution is 0.0870. The van der Waals surface area contributed by atoms with E-state index in [1.807, 2.05) is 48.1 Å². The lowest BCUT2D eigenvalue weighted by Crippen LogP contribution is -2.40. The zero-order valence-electron chi connectivity index (χ0n) is 17.3. The predicted molar refractivity (Wildman–Crippen MR) is 115 cm³/mol. The van der Waals surface area contributed by atoms with Gasteiger partial charge in [-0.1, -0.05) is 12.1 Å². The molecule has 6 heteroatoms. The summed E-state index contributed by atoms with van der Waals surface area (Å²) < 4.78 is 7.29. The number of nitrogens with zero attached hydrogens (tertiary/aromatic N) is 2. The molecule has 0 bridgehead atoms. The van der Waals surface area contributed by atoms with Crippen molar-refractivity contribution in [1.29, 1.82) is 0 Å². The van der Waals surface area contributed by atoms with E-state index in [0.29, 0.717) is 17.7 Å². The summed E-state index contributed by atoms with van der Waals surface area (Å²) in [5, 5.41) is 17.3. The summed E-state index contributed by atoms with van der Waals surface area (Å²) in [5.74, 6) is 0.350. The second-order valence-electron chi connectivity index (χ2n) is 7.85. The van der Waals surface area contributed by atoms with Crippen LogP contribution in [0.3, 0.4) is 0 Å². The van der Waals surface area contributed by atoms with Gasteiger partial charge in [-0.25, -0.2) is 4.68 Å². The molecule has 0 saturated heterocycles. The largest absolute Gasteiger partial charge is 0.496 e. The molecule has 1 fully saturated rings. The molecule has 2 aromatic carbocycles. The molecule has 1 aromatic heterocycles. The Labute approximate surface area is 176 Å². The molecule has 1 saturated carbocycles. The first kappa shape index (κ1) is 20.2. The van der Waals surface area contributed by atoms with Crippen LogP contribution in [-0.2, 0) is 6.42 Å². The Hall–Kier alpha value is -3.12. The minimum Gasteiger partial charge on any atom is -0.496 e. The highest BCUT2D eigenvalue weighted by Crippen LogP contribution is 2.27. The number of hydrogen-bond acceptors (Lipinski definition) is 4. The number of amides is 1. The Bertz CT molecular complexity index is 1010. The number of carbonyl (C=O) groups is 1. The third kappa shape index (κ3) is 4.24. The van der Waals surface area contributed by atoms with Gasteiger partial charge in [-0.3, -0.25) is 4.79 Å². The first-order valence-corrected chi connectivity index (χ1v) is 10.3. The normalized spacial score (nSPS) is 18.4. The van der Waals surface area contributed by atoms with Crippen LogP contribution in [0.2, 0.25) is 0 Å². The van der Waals surface area contributed by atoms with Gasteiger partial charge in [0.15, 0.2) is 0 Å². The lowest BCUT2D eigenvalue weighted by Gasteiger charge is -2.19. The maximum absolute atomic E-state index is 12.9. The van der Waals surface area contributed by atoms with E-state index in [1.165, 1.54) is 0 Å². The van der Waals surface area contributed by atoms with Crippen molar-refractivity contribution in [3.05, 3.63) is 77.1 Å². The molecule has 0 radical (unpaired) electrons. The average molecular weight is 405 g/mol. The Morgan fingerprint density at radius 1 is 1.27 bits per heavy atom. The van der Waals surface area contributed by atoms with Crippen molar-refractivity contribution < 1.29 is 14.6 Å². The molecular weight excluding hydrogens is 378 g/mol. The van der Waals surface area contributed by atoms with Crippen LogP contribution in [0.4, 0.5) is 0 Å². The van der Waals surface area contributed by atoms with Gasteiger partial charge in [0, 0.05) is 12.4 Å². The number of aliphatic hydroxyl groups excluding tert-OH is 1. The molecule has 30 heavy (non-hydrogen) atoms. The van der Waals surface area contributed by atoms with Crippen LogP contribution in [-0.4, -0.2) is 40.0 Å². The summed E-state index contributed by atoms with van der Waals surface area (Å²) in [7, 11) is 1.57. The summed E-state index contributed by atoms with van der Waals surface area (Å²) in [6.07, 6.45) is 6.36. The number of hydrogen-bond donors (Lipinski definition) is 2. The number of aryl methyl sites for hydroxylation is 1. The van der Waals surface area contributed by atoms with E-state index >= 15 is 0 Å². The second kappa shape index (κ2) is 8.71. The molecule has 1 aliphatic rings. The molecule has 2 atom stereocenters. The maximum Gasteiger partial charge on any atom is 0.255 e. The van der Waals surface area contributed by atoms with Gasteiger partial charge in [-0.05, 0) is 79.6 Å². The maximum atomic E-state index is 12.9. The van der Waals surface area contributed by atoms with E-state index in [0.717, 1.165) is 41.6 Å². The fraction of sp³-hybridized carbons (Fsp3) is 0.333. The summed E-state index contributed by atoms with van der Waals surface area (Å²) in [6, 6.07) is 13.8. The van der Waals surface area contributed by atoms with Crippen molar-refractivity contribution in [3.63, 3.8) is 0 Å². The summed E-state index contributed by atoms with van der Waals surface area (Å²) >= 11 is 0. The van der Waals surface area contributed by atoms with Gasteiger partial charge in [-0.2, -0.15) is 5.10 Å². The monoisotopic (exact) mass is 405 g/mol. The summed E-state index contributed by atoms with van der Waals surface area (Å²) in [5.41, 5.74) is 4.80. The molecule has 4 rings (SSSR count). The molecule has 2 unspecified atom stereocenters. The zero-order valence-corrected chi connectivity index (χ0v) is 17.3. The van der Waals surface area contributed by atoms with Crippen molar-refractivity contribution in [1.82, 2.24) is 15.1 Å². The minimum absolute atomic E-state index is 0.193. The standard InChI is InChI=1S/C24H27N3O3/c1-16-13-23(30-2)20(24(29)26-21-5-3-6-22(21)28)15-18(16)14-17-7-9-19(10-8-17)27-12-4-11-25-27/h4,7-13,15,21-22,28H,3,5-6,14H2,1-2H3,(H,26,29). The smallest absolute Gasteiger partial charge is 0.255 e. The van der Waals surface area contributed by atoms with Crippen LogP contribution in [0.25, 0.3) is 5.69 Å². The van der Waals surface area contributed by atoms with Crippen molar-refractivity contribution in [3.8, 4) is 11.4 Å². The van der Waals surface area contributed by atoms with Crippen LogP contribution >= 0.6 is 0 Å². The van der Waals surface area contributed by atoms with Gasteiger partial charge >= 0.3 is 0 Å². The number of carbonyl (C=O) groups excluding carboxylic acids is 1. The van der Waals surface area contributed by atoms with Crippen LogP contribution in [0.5, 0.6) is 5.75 Å². The zero-order chi connectivity index (χ0) is 21.1. The van der Waals surface area contributed by atoms with Crippen LogP contribution in [0.1, 0.15) is 46.3 Å². The van der Waals surface area contributed by atoms with Crippen molar-refractivity contribution in [2.45, 2.75) is 44.8 Å².